The number of hydrogen-bond acceptors (Lipinski definition) is 12. The minimum atomic E-state index is -5.08. The predicted molar refractivity (Wildman–Crippen MR) is 225 cm³/mol. The van der Waals surface area contributed by atoms with Gasteiger partial charge in [0, 0.05) is 56.2 Å². The minimum Gasteiger partial charge on any atom is -0.490 e. The van der Waals surface area contributed by atoms with Crippen molar-refractivity contribution in [1.29, 1.82) is 0 Å². The van der Waals surface area contributed by atoms with Crippen LogP contribution in [0.4, 0.5) is 35.4 Å². The number of aliphatic hydroxyl groups is 2. The Morgan fingerprint density at radius 2 is 1.57 bits per heavy atom. The predicted octanol–water partition coefficient (Wildman–Crippen LogP) is 4.83. The van der Waals surface area contributed by atoms with E-state index < -0.39 is 36.4 Å². The molecule has 0 radical (unpaired) electrons. The number of aromatic nitrogens is 4. The molecule has 0 spiro atoms. The molecule has 4 heterocycles. The smallest absolute Gasteiger partial charge is 0.490 e. The number of nitrogens with one attached hydrogen (secondary N) is 4. The van der Waals surface area contributed by atoms with E-state index in [1.54, 1.807) is 36.0 Å². The second-order valence-electron chi connectivity index (χ2n) is 15.3. The van der Waals surface area contributed by atoms with Crippen LogP contribution in [0.1, 0.15) is 55.7 Å². The fourth-order valence-corrected chi connectivity index (χ4v) is 7.80. The van der Waals surface area contributed by atoms with E-state index in [2.05, 4.69) is 45.5 Å². The number of alkyl halides is 3. The summed E-state index contributed by atoms with van der Waals surface area (Å²) in [6.07, 6.45) is -3.78. The number of aliphatic hydroxyl groups excluding tert-OH is 2. The number of aliphatic carboxylic acids is 1. The molecule has 7 N–H and O–H groups in total. The van der Waals surface area contributed by atoms with E-state index in [4.69, 9.17) is 34.3 Å². The van der Waals surface area contributed by atoms with Gasteiger partial charge in [0.1, 0.15) is 12.2 Å². The van der Waals surface area contributed by atoms with Gasteiger partial charge < -0.3 is 55.5 Å². The molecule has 5 aromatic rings. The summed E-state index contributed by atoms with van der Waals surface area (Å²) in [4.78, 5) is 51.1. The third kappa shape index (κ3) is 10.7. The summed E-state index contributed by atoms with van der Waals surface area (Å²) in [5, 5.41) is 41.7. The number of carbonyl (C=O) groups is 3. The third-order valence-corrected chi connectivity index (χ3v) is 11.0. The first-order chi connectivity index (χ1) is 30.3. The highest BCUT2D eigenvalue weighted by Gasteiger charge is 2.44. The Morgan fingerprint density at radius 3 is 2.22 bits per heavy atom. The summed E-state index contributed by atoms with van der Waals surface area (Å²) in [6, 6.07) is 24.1. The molecule has 2 aliphatic heterocycles. The first kappa shape index (κ1) is 44.4. The van der Waals surface area contributed by atoms with Crippen LogP contribution in [0.3, 0.4) is 0 Å². The van der Waals surface area contributed by atoms with Gasteiger partial charge in [0.05, 0.1) is 31.6 Å². The monoisotopic (exact) mass is 875 g/mol. The van der Waals surface area contributed by atoms with Crippen LogP contribution < -0.4 is 35.6 Å². The molecule has 1 aliphatic carbocycles. The number of nitrogens with zero attached hydrogens (tertiary/aromatic N) is 5. The number of urea groups is 1. The maximum atomic E-state index is 13.2. The highest BCUT2D eigenvalue weighted by atomic mass is 19.4. The molecule has 334 valence electrons. The molecule has 1 saturated heterocycles. The molecule has 63 heavy (non-hydrogen) atoms. The summed E-state index contributed by atoms with van der Waals surface area (Å²) in [6.45, 7) is 4.43. The number of amides is 3. The summed E-state index contributed by atoms with van der Waals surface area (Å²) in [7, 11) is 0. The Kier molecular flexibility index (Phi) is 13.8. The first-order valence-electron chi connectivity index (χ1n) is 20.5. The van der Waals surface area contributed by atoms with Crippen molar-refractivity contribution in [2.24, 2.45) is 0 Å². The van der Waals surface area contributed by atoms with Gasteiger partial charge >= 0.3 is 18.2 Å². The SMILES string of the molecule is CCC(=O)N[C@H]1C[C@@H](n2cnc3c(NCC(c4ccccc4)c4ccccc4)nc(N4CC[C@@H](NC(=O)Nc5ccc6c(c5)OCCCO6)C4)nc32)[C@H](O)[C@@H]1O.O=C(O)C(F)(F)F. The number of ether oxygens (including phenoxy) is 2. The topological polar surface area (TPSA) is 225 Å². The molecule has 3 amide bonds. The first-order valence-corrected chi connectivity index (χ1v) is 20.5. The molecule has 2 fully saturated rings. The van der Waals surface area contributed by atoms with Crippen molar-refractivity contribution in [1.82, 2.24) is 30.2 Å². The van der Waals surface area contributed by atoms with Crippen molar-refractivity contribution in [3.05, 3.63) is 96.3 Å². The molecule has 0 bridgehead atoms. The Bertz CT molecular complexity index is 2330. The molecule has 20 heteroatoms. The second kappa shape index (κ2) is 19.6. The molecule has 1 saturated carbocycles. The van der Waals surface area contributed by atoms with E-state index in [9.17, 15) is 33.0 Å². The number of rotatable bonds is 11. The molecule has 3 aliphatic rings. The molecule has 5 atom stereocenters. The van der Waals surface area contributed by atoms with Crippen LogP contribution in [0.5, 0.6) is 11.5 Å². The number of carbonyl (C=O) groups excluding carboxylic acids is 2. The van der Waals surface area contributed by atoms with Crippen molar-refractivity contribution in [2.45, 2.75) is 75.0 Å². The summed E-state index contributed by atoms with van der Waals surface area (Å²) < 4.78 is 45.0. The highest BCUT2D eigenvalue weighted by molar-refractivity contribution is 5.90. The Balaban J connectivity index is 0.000000785. The fourth-order valence-electron chi connectivity index (χ4n) is 7.80. The summed E-state index contributed by atoms with van der Waals surface area (Å²) in [5.41, 5.74) is 3.88. The van der Waals surface area contributed by atoms with Crippen molar-refractivity contribution < 1.29 is 52.3 Å². The zero-order chi connectivity index (χ0) is 44.7. The quantitative estimate of drug-likeness (QED) is 0.0946. The Hall–Kier alpha value is -6.67. The van der Waals surface area contributed by atoms with Gasteiger partial charge in [0.15, 0.2) is 28.5 Å². The van der Waals surface area contributed by atoms with Crippen LogP contribution >= 0.6 is 0 Å². The highest BCUT2D eigenvalue weighted by Crippen LogP contribution is 2.36. The molecule has 17 nitrogen and oxygen atoms in total. The molecule has 0 unspecified atom stereocenters. The van der Waals surface area contributed by atoms with Crippen molar-refractivity contribution in [3.8, 4) is 11.5 Å². The van der Waals surface area contributed by atoms with Crippen LogP contribution in [0.25, 0.3) is 11.2 Å². The van der Waals surface area contributed by atoms with Crippen molar-refractivity contribution in [2.75, 3.05) is 48.4 Å². The maximum absolute atomic E-state index is 13.2. The lowest BCUT2D eigenvalue weighted by Gasteiger charge is -2.22. The van der Waals surface area contributed by atoms with Gasteiger partial charge in [-0.2, -0.15) is 23.1 Å². The third-order valence-electron chi connectivity index (χ3n) is 11.0. The zero-order valence-electron chi connectivity index (χ0n) is 34.2. The minimum absolute atomic E-state index is 0.000200. The number of fused-ring (bicyclic) bond motifs is 2. The van der Waals surface area contributed by atoms with Crippen LogP contribution in [0.15, 0.2) is 85.2 Å². The number of imidazole rings is 1. The summed E-state index contributed by atoms with van der Waals surface area (Å²) in [5.74, 6) is -0.741. The number of halogens is 3. The lowest BCUT2D eigenvalue weighted by molar-refractivity contribution is -0.192. The number of carboxylic acid groups (broad SMARTS) is 1. The number of anilines is 3. The van der Waals surface area contributed by atoms with E-state index >= 15 is 0 Å². The second-order valence-corrected chi connectivity index (χ2v) is 15.3. The van der Waals surface area contributed by atoms with Gasteiger partial charge in [-0.1, -0.05) is 67.6 Å². The molecular formula is C43H48F3N9O8. The average molecular weight is 876 g/mol. The fraction of sp³-hybridized carbons (Fsp3) is 0.395. The van der Waals surface area contributed by atoms with Crippen LogP contribution in [0, 0.1) is 0 Å². The van der Waals surface area contributed by atoms with E-state index in [1.807, 2.05) is 41.3 Å². The maximum Gasteiger partial charge on any atom is 0.490 e. The number of hydrogen-bond donors (Lipinski definition) is 7. The molecule has 8 rings (SSSR count). The van der Waals surface area contributed by atoms with E-state index in [0.29, 0.717) is 85.8 Å². The van der Waals surface area contributed by atoms with Crippen LogP contribution in [-0.2, 0) is 9.59 Å². The van der Waals surface area contributed by atoms with Gasteiger partial charge in [0.25, 0.3) is 0 Å². The van der Waals surface area contributed by atoms with Crippen LogP contribution in [0.2, 0.25) is 0 Å². The lowest BCUT2D eigenvalue weighted by atomic mass is 9.91. The largest absolute Gasteiger partial charge is 0.490 e. The lowest BCUT2D eigenvalue weighted by Crippen LogP contribution is -2.42. The molecular weight excluding hydrogens is 828 g/mol. The number of carboxylic acids is 1. The number of benzene rings is 3. The standard InChI is InChI=1S/C41H47N9O6.C2HF3O2/c1-2-34(51)46-30-21-31(37(53)36(30)52)50-24-43-35-38(42-22-29(25-10-5-3-6-11-25)26-12-7-4-8-13-26)47-40(48-39(35)50)49-17-16-28(23-49)45-41(54)44-27-14-15-32-33(20-27)56-19-9-18-55-32;3-2(4,5)1(6)7/h3-8,10-15,20,24,28-31,36-37,52-53H,2,9,16-19,21-23H2,1H3,(H,46,51)(H,42,47,48)(H2,44,45,54);(H,6,7)/t28-,30+,31-,36-,37+;/m1./s1. The van der Waals surface area contributed by atoms with Gasteiger partial charge in [-0.25, -0.2) is 14.6 Å². The van der Waals surface area contributed by atoms with Gasteiger partial charge in [-0.05, 0) is 36.1 Å². The summed E-state index contributed by atoms with van der Waals surface area (Å²) >= 11 is 0. The van der Waals surface area contributed by atoms with Crippen molar-refractivity contribution in [3.63, 3.8) is 0 Å². The van der Waals surface area contributed by atoms with E-state index in [1.165, 1.54) is 0 Å². The Labute approximate surface area is 359 Å². The average Bonchev–Trinajstić information content (AvgIpc) is 3.93. The van der Waals surface area contributed by atoms with Crippen molar-refractivity contribution >= 4 is 46.5 Å². The van der Waals surface area contributed by atoms with Gasteiger partial charge in [-0.15, -0.1) is 0 Å². The van der Waals surface area contributed by atoms with E-state index in [-0.39, 0.29) is 30.3 Å². The van der Waals surface area contributed by atoms with E-state index in [0.717, 1.165) is 17.5 Å². The Morgan fingerprint density at radius 1 is 0.905 bits per heavy atom. The zero-order valence-corrected chi connectivity index (χ0v) is 34.2. The van der Waals surface area contributed by atoms with Gasteiger partial charge in [0.2, 0.25) is 11.9 Å². The van der Waals surface area contributed by atoms with Gasteiger partial charge in [-0.3, -0.25) is 4.79 Å². The van der Waals surface area contributed by atoms with Crippen LogP contribution in [-0.4, -0.2) is 116 Å². The molecule has 3 aromatic carbocycles. The molecule has 2 aromatic heterocycles. The normalized spacial score (nSPS) is 20.7.